The van der Waals surface area contributed by atoms with E-state index in [0.717, 1.165) is 18.4 Å². The molecule has 3 nitrogen and oxygen atoms in total. The molecule has 1 rings (SSSR count). The molecule has 0 aliphatic carbocycles. The van der Waals surface area contributed by atoms with Gasteiger partial charge in [-0.2, -0.15) is 0 Å². The van der Waals surface area contributed by atoms with E-state index in [4.69, 9.17) is 0 Å². The predicted octanol–water partition coefficient (Wildman–Crippen LogP) is 2.67. The van der Waals surface area contributed by atoms with Crippen molar-refractivity contribution in [1.82, 2.24) is 5.32 Å². The lowest BCUT2D eigenvalue weighted by atomic mass is 9.95. The van der Waals surface area contributed by atoms with Crippen LogP contribution in [-0.4, -0.2) is 22.4 Å². The van der Waals surface area contributed by atoms with Gasteiger partial charge in [0.25, 0.3) is 0 Å². The number of hydrogen-bond donors (Lipinski definition) is 3. The van der Waals surface area contributed by atoms with Gasteiger partial charge in [0.15, 0.2) is 0 Å². The van der Waals surface area contributed by atoms with Crippen LogP contribution >= 0.6 is 0 Å². The molecule has 0 aliphatic rings. The Morgan fingerprint density at radius 2 is 2.06 bits per heavy atom. The second-order valence-electron chi connectivity index (χ2n) is 5.70. The molecule has 0 bridgehead atoms. The summed E-state index contributed by atoms with van der Waals surface area (Å²) >= 11 is 0. The van der Waals surface area contributed by atoms with Crippen molar-refractivity contribution in [3.63, 3.8) is 0 Å². The fraction of sp³-hybridized carbons (Fsp3) is 0.600. The van der Waals surface area contributed by atoms with Gasteiger partial charge in [-0.3, -0.25) is 0 Å². The zero-order valence-electron chi connectivity index (χ0n) is 11.6. The van der Waals surface area contributed by atoms with Crippen molar-refractivity contribution in [1.29, 1.82) is 0 Å². The first-order valence-electron chi connectivity index (χ1n) is 6.60. The summed E-state index contributed by atoms with van der Waals surface area (Å²) in [5.41, 5.74) is 0.357. The fourth-order valence-corrected chi connectivity index (χ4v) is 1.83. The molecule has 0 aromatic heterocycles. The summed E-state index contributed by atoms with van der Waals surface area (Å²) in [7, 11) is 0. The highest BCUT2D eigenvalue weighted by Crippen LogP contribution is 2.16. The van der Waals surface area contributed by atoms with Crippen molar-refractivity contribution in [2.24, 2.45) is 5.92 Å². The summed E-state index contributed by atoms with van der Waals surface area (Å²) in [6, 6.07) is 7.16. The lowest BCUT2D eigenvalue weighted by Crippen LogP contribution is -2.37. The van der Waals surface area contributed by atoms with Crippen LogP contribution in [0.25, 0.3) is 0 Å². The minimum absolute atomic E-state index is 0.279. The van der Waals surface area contributed by atoms with Crippen LogP contribution in [-0.2, 0) is 6.54 Å². The van der Waals surface area contributed by atoms with Gasteiger partial charge < -0.3 is 15.5 Å². The molecule has 102 valence electrons. The molecule has 0 fully saturated rings. The van der Waals surface area contributed by atoms with E-state index in [1.807, 2.05) is 19.1 Å². The van der Waals surface area contributed by atoms with Crippen LogP contribution in [0.3, 0.4) is 0 Å². The summed E-state index contributed by atoms with van der Waals surface area (Å²) in [5, 5.41) is 22.8. The minimum Gasteiger partial charge on any atom is -0.508 e. The molecule has 18 heavy (non-hydrogen) atoms. The van der Waals surface area contributed by atoms with Gasteiger partial charge in [0, 0.05) is 13.1 Å². The smallest absolute Gasteiger partial charge is 0.115 e. The molecule has 0 saturated heterocycles. The molecule has 0 heterocycles. The third kappa shape index (κ3) is 6.03. The second kappa shape index (κ2) is 6.76. The number of aromatic hydroxyl groups is 1. The third-order valence-corrected chi connectivity index (χ3v) is 3.01. The number of benzene rings is 1. The lowest BCUT2D eigenvalue weighted by molar-refractivity contribution is 0.0451. The van der Waals surface area contributed by atoms with Crippen molar-refractivity contribution in [2.45, 2.75) is 45.8 Å². The predicted molar refractivity (Wildman–Crippen MR) is 74.5 cm³/mol. The van der Waals surface area contributed by atoms with Gasteiger partial charge in [0.2, 0.25) is 0 Å². The summed E-state index contributed by atoms with van der Waals surface area (Å²) in [6.07, 6.45) is 1.83. The first-order chi connectivity index (χ1) is 8.39. The molecule has 1 unspecified atom stereocenters. The van der Waals surface area contributed by atoms with Crippen LogP contribution in [0, 0.1) is 5.92 Å². The summed E-state index contributed by atoms with van der Waals surface area (Å²) in [6.45, 7) is 7.42. The van der Waals surface area contributed by atoms with E-state index in [1.165, 1.54) is 0 Å². The molecule has 0 amide bonds. The van der Waals surface area contributed by atoms with Crippen molar-refractivity contribution in [3.05, 3.63) is 29.8 Å². The van der Waals surface area contributed by atoms with E-state index >= 15 is 0 Å². The monoisotopic (exact) mass is 251 g/mol. The molecule has 0 aliphatic heterocycles. The second-order valence-corrected chi connectivity index (χ2v) is 5.70. The SMILES string of the molecule is CC(C)CCC(C)(O)CNCc1cccc(O)c1. The Kier molecular flexibility index (Phi) is 5.63. The molecule has 3 heteroatoms. The van der Waals surface area contributed by atoms with Gasteiger partial charge in [-0.15, -0.1) is 0 Å². The zero-order valence-corrected chi connectivity index (χ0v) is 11.6. The van der Waals surface area contributed by atoms with Crippen LogP contribution in [0.2, 0.25) is 0 Å². The van der Waals surface area contributed by atoms with Gasteiger partial charge in [-0.05, 0) is 43.4 Å². The van der Waals surface area contributed by atoms with Gasteiger partial charge in [0.1, 0.15) is 5.75 Å². The Bertz CT molecular complexity index is 361. The summed E-state index contributed by atoms with van der Waals surface area (Å²) in [4.78, 5) is 0. The Morgan fingerprint density at radius 1 is 1.33 bits per heavy atom. The van der Waals surface area contributed by atoms with Crippen molar-refractivity contribution < 1.29 is 10.2 Å². The van der Waals surface area contributed by atoms with Crippen LogP contribution in [0.4, 0.5) is 0 Å². The average molecular weight is 251 g/mol. The van der Waals surface area contributed by atoms with Crippen LogP contribution in [0.1, 0.15) is 39.2 Å². The molecule has 0 saturated carbocycles. The Morgan fingerprint density at radius 3 is 2.67 bits per heavy atom. The molecule has 1 aromatic carbocycles. The first kappa shape index (κ1) is 15.0. The zero-order chi connectivity index (χ0) is 13.6. The van der Waals surface area contributed by atoms with Gasteiger partial charge in [-0.1, -0.05) is 26.0 Å². The lowest BCUT2D eigenvalue weighted by Gasteiger charge is -2.24. The van der Waals surface area contributed by atoms with E-state index in [0.29, 0.717) is 19.0 Å². The highest BCUT2D eigenvalue weighted by molar-refractivity contribution is 5.26. The Hall–Kier alpha value is -1.06. The molecule has 0 radical (unpaired) electrons. The quantitative estimate of drug-likeness (QED) is 0.698. The topological polar surface area (TPSA) is 52.5 Å². The first-order valence-corrected chi connectivity index (χ1v) is 6.60. The molecule has 3 N–H and O–H groups in total. The summed E-state index contributed by atoms with van der Waals surface area (Å²) < 4.78 is 0. The Labute approximate surface area is 110 Å². The number of aliphatic hydroxyl groups is 1. The van der Waals surface area contributed by atoms with E-state index in [1.54, 1.807) is 12.1 Å². The number of phenolic OH excluding ortho intramolecular Hbond substituents is 1. The van der Waals surface area contributed by atoms with Gasteiger partial charge >= 0.3 is 0 Å². The molecular formula is C15H25NO2. The number of rotatable bonds is 7. The van der Waals surface area contributed by atoms with Gasteiger partial charge in [-0.25, -0.2) is 0 Å². The number of nitrogens with one attached hydrogen (secondary N) is 1. The fourth-order valence-electron chi connectivity index (χ4n) is 1.83. The maximum absolute atomic E-state index is 10.2. The minimum atomic E-state index is -0.666. The van der Waals surface area contributed by atoms with Crippen molar-refractivity contribution in [2.75, 3.05) is 6.54 Å². The Balaban J connectivity index is 2.32. The summed E-state index contributed by atoms with van der Waals surface area (Å²) in [5.74, 6) is 0.892. The maximum Gasteiger partial charge on any atom is 0.115 e. The standard InChI is InChI=1S/C15H25NO2/c1-12(2)7-8-15(3,18)11-16-10-13-5-4-6-14(17)9-13/h4-6,9,12,16-18H,7-8,10-11H2,1-3H3. The van der Waals surface area contributed by atoms with Gasteiger partial charge in [0.05, 0.1) is 5.60 Å². The van der Waals surface area contributed by atoms with E-state index in [9.17, 15) is 10.2 Å². The molecular weight excluding hydrogens is 226 g/mol. The highest BCUT2D eigenvalue weighted by Gasteiger charge is 2.19. The van der Waals surface area contributed by atoms with E-state index < -0.39 is 5.60 Å². The molecule has 1 aromatic rings. The largest absolute Gasteiger partial charge is 0.508 e. The third-order valence-electron chi connectivity index (χ3n) is 3.01. The average Bonchev–Trinajstić information content (AvgIpc) is 2.26. The number of phenols is 1. The van der Waals surface area contributed by atoms with E-state index in [2.05, 4.69) is 19.2 Å². The normalized spacial score (nSPS) is 14.7. The molecule has 0 spiro atoms. The highest BCUT2D eigenvalue weighted by atomic mass is 16.3. The van der Waals surface area contributed by atoms with Crippen LogP contribution < -0.4 is 5.32 Å². The van der Waals surface area contributed by atoms with Crippen molar-refractivity contribution >= 4 is 0 Å². The molecule has 1 atom stereocenters. The van der Waals surface area contributed by atoms with Crippen molar-refractivity contribution in [3.8, 4) is 5.75 Å². The maximum atomic E-state index is 10.2. The number of hydrogen-bond acceptors (Lipinski definition) is 3. The van der Waals surface area contributed by atoms with Crippen LogP contribution in [0.15, 0.2) is 24.3 Å². The van der Waals surface area contributed by atoms with Crippen LogP contribution in [0.5, 0.6) is 5.75 Å². The van der Waals surface area contributed by atoms with E-state index in [-0.39, 0.29) is 5.75 Å².